The molecule has 2 aromatic heterocycles. The highest BCUT2D eigenvalue weighted by molar-refractivity contribution is 7.16. The molecule has 2 nitrogen and oxygen atoms in total. The molecule has 0 unspecified atom stereocenters. The smallest absolute Gasteiger partial charge is 0.0365 e. The lowest BCUT2D eigenvalue weighted by Crippen LogP contribution is -1.90. The zero-order chi connectivity index (χ0) is 24.6. The van der Waals surface area contributed by atoms with Crippen molar-refractivity contribution in [1.82, 2.24) is 4.98 Å². The van der Waals surface area contributed by atoms with E-state index in [1.807, 2.05) is 18.5 Å². The van der Waals surface area contributed by atoms with Crippen LogP contribution in [0.4, 0.5) is 0 Å². The van der Waals surface area contributed by atoms with Crippen LogP contribution in [0.25, 0.3) is 32.7 Å². The minimum absolute atomic E-state index is 0.874. The molecule has 2 heterocycles. The molecule has 0 atom stereocenters. The molecule has 0 saturated carbocycles. The third kappa shape index (κ3) is 6.12. The molecule has 176 valence electrons. The predicted octanol–water partition coefficient (Wildman–Crippen LogP) is 9.13. The number of aryl methyl sites for hydroxylation is 2. The van der Waals surface area contributed by atoms with E-state index in [1.54, 1.807) is 11.3 Å². The molecule has 0 amide bonds. The van der Waals surface area contributed by atoms with Gasteiger partial charge in [0.15, 0.2) is 0 Å². The van der Waals surface area contributed by atoms with Crippen LogP contribution in [-0.4, -0.2) is 11.2 Å². The lowest BCUT2D eigenvalue weighted by atomic mass is 10.00. The topological polar surface area (TPSA) is 36.7 Å². The van der Waals surface area contributed by atoms with Crippen LogP contribution in [0, 0.1) is 5.41 Å². The molecule has 0 spiro atoms. The lowest BCUT2D eigenvalue weighted by Gasteiger charge is -2.07. The van der Waals surface area contributed by atoms with Crippen LogP contribution < -0.4 is 0 Å². The van der Waals surface area contributed by atoms with Crippen molar-refractivity contribution in [2.24, 2.45) is 0 Å². The summed E-state index contributed by atoms with van der Waals surface area (Å²) in [6.07, 6.45) is 11.7. The molecule has 0 aliphatic carbocycles. The van der Waals surface area contributed by atoms with E-state index in [0.29, 0.717) is 0 Å². The van der Waals surface area contributed by atoms with E-state index >= 15 is 0 Å². The molecule has 0 saturated heterocycles. The fraction of sp³-hybridized carbons (Fsp3) is 0.188. The Morgan fingerprint density at radius 3 is 2.31 bits per heavy atom. The van der Waals surface area contributed by atoms with Crippen LogP contribution in [0.1, 0.15) is 48.3 Å². The normalized spacial score (nSPS) is 11.4. The Kier molecular flexibility index (Phi) is 8.23. The van der Waals surface area contributed by atoms with Gasteiger partial charge in [0.05, 0.1) is 0 Å². The average Bonchev–Trinajstić information content (AvgIpc) is 3.39. The van der Waals surface area contributed by atoms with Crippen LogP contribution in [0.15, 0.2) is 91.8 Å². The summed E-state index contributed by atoms with van der Waals surface area (Å²) in [5, 5.41) is 7.97. The van der Waals surface area contributed by atoms with Crippen molar-refractivity contribution in [3.8, 4) is 21.6 Å². The molecular formula is C32H32N2S. The Balaban J connectivity index is 1.58. The van der Waals surface area contributed by atoms with Gasteiger partial charge in [0.25, 0.3) is 0 Å². The van der Waals surface area contributed by atoms with Gasteiger partial charge >= 0.3 is 0 Å². The Labute approximate surface area is 213 Å². The summed E-state index contributed by atoms with van der Waals surface area (Å²) in [7, 11) is 0. The van der Waals surface area contributed by atoms with Crippen molar-refractivity contribution in [1.29, 1.82) is 5.41 Å². The van der Waals surface area contributed by atoms with Gasteiger partial charge in [-0.1, -0.05) is 81.8 Å². The van der Waals surface area contributed by atoms with Crippen LogP contribution in [0.5, 0.6) is 0 Å². The molecule has 4 aromatic rings. The molecular weight excluding hydrogens is 444 g/mol. The first-order valence-electron chi connectivity index (χ1n) is 12.3. The van der Waals surface area contributed by atoms with Crippen molar-refractivity contribution < 1.29 is 0 Å². The maximum absolute atomic E-state index is 7.97. The summed E-state index contributed by atoms with van der Waals surface area (Å²) in [5.74, 6) is 0. The summed E-state index contributed by atoms with van der Waals surface area (Å²) < 4.78 is 0. The zero-order valence-corrected chi connectivity index (χ0v) is 21.4. The van der Waals surface area contributed by atoms with Gasteiger partial charge in [-0.3, -0.25) is 4.98 Å². The highest BCUT2D eigenvalue weighted by atomic mass is 32.1. The molecule has 0 bridgehead atoms. The standard InChI is InChI=1S/C32H32N2S/c1-4-8-24-10-6-12-26(17-24)28(20-33)16-23(3)31-14-15-32(35-31)30-19-29(21-34-22-30)27-13-7-11-25(18-27)9-5-2/h6-7,10-22,33H,3-5,8-9H2,1-2H3/b28-16+,33-20?. The Bertz CT molecular complexity index is 1360. The number of benzene rings is 2. The summed E-state index contributed by atoms with van der Waals surface area (Å²) in [5.41, 5.74) is 8.95. The number of aromatic nitrogens is 1. The first-order valence-corrected chi connectivity index (χ1v) is 13.1. The number of nitrogens with one attached hydrogen (secondary N) is 1. The average molecular weight is 477 g/mol. The largest absolute Gasteiger partial charge is 0.308 e. The van der Waals surface area contributed by atoms with E-state index in [1.165, 1.54) is 22.9 Å². The van der Waals surface area contributed by atoms with E-state index in [-0.39, 0.29) is 0 Å². The van der Waals surface area contributed by atoms with Crippen LogP contribution in [-0.2, 0) is 12.8 Å². The van der Waals surface area contributed by atoms with Gasteiger partial charge in [0, 0.05) is 39.5 Å². The molecule has 2 aromatic carbocycles. The van der Waals surface area contributed by atoms with Gasteiger partial charge in [-0.15, -0.1) is 11.3 Å². The number of rotatable bonds is 10. The fourth-order valence-corrected chi connectivity index (χ4v) is 5.18. The maximum atomic E-state index is 7.97. The minimum Gasteiger partial charge on any atom is -0.308 e. The third-order valence-corrected chi connectivity index (χ3v) is 7.24. The molecule has 0 aliphatic rings. The van der Waals surface area contributed by atoms with Crippen molar-refractivity contribution in [2.45, 2.75) is 39.5 Å². The molecule has 3 heteroatoms. The monoisotopic (exact) mass is 476 g/mol. The Hall–Kier alpha value is -3.56. The number of thiophene rings is 1. The zero-order valence-electron chi connectivity index (χ0n) is 20.6. The van der Waals surface area contributed by atoms with Gasteiger partial charge in [0.1, 0.15) is 0 Å². The number of hydrogen-bond donors (Lipinski definition) is 1. The quantitative estimate of drug-likeness (QED) is 0.180. The number of allylic oxidation sites excluding steroid dienone is 3. The summed E-state index contributed by atoms with van der Waals surface area (Å²) in [4.78, 5) is 6.79. The minimum atomic E-state index is 0.874. The van der Waals surface area contributed by atoms with Crippen molar-refractivity contribution in [3.63, 3.8) is 0 Å². The molecule has 0 radical (unpaired) electrons. The van der Waals surface area contributed by atoms with Gasteiger partial charge in [0.2, 0.25) is 0 Å². The predicted molar refractivity (Wildman–Crippen MR) is 153 cm³/mol. The van der Waals surface area contributed by atoms with Crippen LogP contribution in [0.3, 0.4) is 0 Å². The van der Waals surface area contributed by atoms with E-state index in [0.717, 1.165) is 63.3 Å². The first kappa shape index (κ1) is 24.6. The Morgan fingerprint density at radius 1 is 0.857 bits per heavy atom. The van der Waals surface area contributed by atoms with Crippen LogP contribution in [0.2, 0.25) is 0 Å². The van der Waals surface area contributed by atoms with Gasteiger partial charge in [-0.05, 0) is 70.5 Å². The SMILES string of the molecule is C=C(/C=C(\C=N)c1cccc(CCC)c1)c1ccc(-c2cncc(-c3cccc(CCC)c3)c2)s1. The highest BCUT2D eigenvalue weighted by Crippen LogP contribution is 2.34. The van der Waals surface area contributed by atoms with Crippen molar-refractivity contribution in [2.75, 3.05) is 0 Å². The molecule has 4 rings (SSSR count). The summed E-state index contributed by atoms with van der Waals surface area (Å²) in [6, 6.07) is 23.7. The number of nitrogens with zero attached hydrogens (tertiary/aromatic N) is 1. The Morgan fingerprint density at radius 2 is 1.57 bits per heavy atom. The van der Waals surface area contributed by atoms with Crippen molar-refractivity contribution >= 4 is 28.7 Å². The fourth-order valence-electron chi connectivity index (χ4n) is 4.26. The maximum Gasteiger partial charge on any atom is 0.0365 e. The third-order valence-electron chi connectivity index (χ3n) is 6.03. The highest BCUT2D eigenvalue weighted by Gasteiger charge is 2.09. The van der Waals surface area contributed by atoms with E-state index in [4.69, 9.17) is 5.41 Å². The van der Waals surface area contributed by atoms with Crippen LogP contribution >= 0.6 is 11.3 Å². The molecule has 0 fully saturated rings. The van der Waals surface area contributed by atoms with E-state index in [2.05, 4.69) is 92.1 Å². The second kappa shape index (κ2) is 11.7. The summed E-state index contributed by atoms with van der Waals surface area (Å²) in [6.45, 7) is 8.71. The molecule has 0 aliphatic heterocycles. The second-order valence-corrected chi connectivity index (χ2v) is 9.88. The summed E-state index contributed by atoms with van der Waals surface area (Å²) >= 11 is 1.71. The van der Waals surface area contributed by atoms with E-state index < -0.39 is 0 Å². The number of pyridine rings is 1. The van der Waals surface area contributed by atoms with Gasteiger partial charge in [-0.2, -0.15) is 0 Å². The van der Waals surface area contributed by atoms with E-state index in [9.17, 15) is 0 Å². The van der Waals surface area contributed by atoms with Gasteiger partial charge in [-0.25, -0.2) is 0 Å². The van der Waals surface area contributed by atoms with Gasteiger partial charge < -0.3 is 5.41 Å². The molecule has 1 N–H and O–H groups in total. The number of hydrogen-bond acceptors (Lipinski definition) is 3. The second-order valence-electron chi connectivity index (χ2n) is 8.80. The molecule has 35 heavy (non-hydrogen) atoms. The van der Waals surface area contributed by atoms with Crippen molar-refractivity contribution in [3.05, 3.63) is 113 Å². The lowest BCUT2D eigenvalue weighted by molar-refractivity contribution is 0.921. The first-order chi connectivity index (χ1) is 17.1.